The van der Waals surface area contributed by atoms with Gasteiger partial charge in [-0.1, -0.05) is 42.5 Å². The molecule has 1 N–H and O–H groups in total. The fourth-order valence-electron chi connectivity index (χ4n) is 3.12. The lowest BCUT2D eigenvalue weighted by Crippen LogP contribution is -2.27. The number of aryl methyl sites for hydroxylation is 1. The molecular weight excluding hydrogens is 346 g/mol. The second kappa shape index (κ2) is 8.41. The SMILES string of the molecule is Cc1cccc(-n2cccc2/C=C(/C#N)C(=O)N[C@@H](C)c2ccccc2)c1C. The summed E-state index contributed by atoms with van der Waals surface area (Å²) in [4.78, 5) is 12.6. The van der Waals surface area contributed by atoms with Crippen LogP contribution in [0.1, 0.15) is 35.3 Å². The topological polar surface area (TPSA) is 57.8 Å². The van der Waals surface area contributed by atoms with Gasteiger partial charge < -0.3 is 9.88 Å². The molecule has 0 radical (unpaired) electrons. The summed E-state index contributed by atoms with van der Waals surface area (Å²) in [5.41, 5.74) is 5.24. The summed E-state index contributed by atoms with van der Waals surface area (Å²) in [6.45, 7) is 6.04. The summed E-state index contributed by atoms with van der Waals surface area (Å²) >= 11 is 0. The third kappa shape index (κ3) is 4.05. The summed E-state index contributed by atoms with van der Waals surface area (Å²) in [6.07, 6.45) is 3.57. The first-order valence-electron chi connectivity index (χ1n) is 9.23. The van der Waals surface area contributed by atoms with Crippen molar-refractivity contribution in [3.63, 3.8) is 0 Å². The highest BCUT2D eigenvalue weighted by Crippen LogP contribution is 2.21. The molecule has 0 aliphatic rings. The number of benzene rings is 2. The lowest BCUT2D eigenvalue weighted by atomic mass is 10.1. The Labute approximate surface area is 165 Å². The van der Waals surface area contributed by atoms with Crippen molar-refractivity contribution in [2.24, 2.45) is 0 Å². The molecule has 4 heteroatoms. The molecule has 28 heavy (non-hydrogen) atoms. The van der Waals surface area contributed by atoms with Crippen molar-refractivity contribution in [3.8, 4) is 11.8 Å². The van der Waals surface area contributed by atoms with Gasteiger partial charge in [0, 0.05) is 17.6 Å². The van der Waals surface area contributed by atoms with Crippen LogP contribution in [0.5, 0.6) is 0 Å². The van der Waals surface area contributed by atoms with Crippen molar-refractivity contribution < 1.29 is 4.79 Å². The van der Waals surface area contributed by atoms with E-state index in [4.69, 9.17) is 0 Å². The predicted molar refractivity (Wildman–Crippen MR) is 112 cm³/mol. The standard InChI is InChI=1S/C24H23N3O/c1-17-9-7-13-23(18(17)2)27-14-8-12-22(27)15-21(16-25)24(28)26-19(3)20-10-5-4-6-11-20/h4-15,19H,1-3H3,(H,26,28)/b21-15-/t19-/m0/s1. The van der Waals surface area contributed by atoms with E-state index in [1.807, 2.05) is 78.4 Å². The lowest BCUT2D eigenvalue weighted by Gasteiger charge is -2.14. The van der Waals surface area contributed by atoms with E-state index in [9.17, 15) is 10.1 Å². The number of carbonyl (C=O) groups is 1. The van der Waals surface area contributed by atoms with E-state index >= 15 is 0 Å². The molecule has 2 aromatic carbocycles. The molecular formula is C24H23N3O. The third-order valence-corrected chi connectivity index (χ3v) is 4.92. The number of carbonyl (C=O) groups excluding carboxylic acids is 1. The second-order valence-electron chi connectivity index (χ2n) is 6.80. The summed E-state index contributed by atoms with van der Waals surface area (Å²) in [6, 6.07) is 21.4. The van der Waals surface area contributed by atoms with Crippen LogP contribution in [0.25, 0.3) is 11.8 Å². The van der Waals surface area contributed by atoms with Gasteiger partial charge >= 0.3 is 0 Å². The smallest absolute Gasteiger partial charge is 0.262 e. The molecule has 0 saturated carbocycles. The monoisotopic (exact) mass is 369 g/mol. The fraction of sp³-hybridized carbons (Fsp3) is 0.167. The predicted octanol–water partition coefficient (Wildman–Crippen LogP) is 4.88. The Morgan fingerprint density at radius 2 is 1.82 bits per heavy atom. The quantitative estimate of drug-likeness (QED) is 0.515. The molecule has 1 atom stereocenters. The Hall–Kier alpha value is -3.58. The number of nitriles is 1. The van der Waals surface area contributed by atoms with Crippen molar-refractivity contribution in [1.29, 1.82) is 5.26 Å². The van der Waals surface area contributed by atoms with Gasteiger partial charge in [-0.05, 0) is 61.7 Å². The minimum absolute atomic E-state index is 0.0769. The number of hydrogen-bond acceptors (Lipinski definition) is 2. The molecule has 0 spiro atoms. The minimum Gasteiger partial charge on any atom is -0.345 e. The van der Waals surface area contributed by atoms with Crippen molar-refractivity contribution in [1.82, 2.24) is 9.88 Å². The molecule has 0 aliphatic heterocycles. The van der Waals surface area contributed by atoms with Crippen molar-refractivity contribution in [2.75, 3.05) is 0 Å². The number of nitrogens with zero attached hydrogens (tertiary/aromatic N) is 2. The Kier molecular flexibility index (Phi) is 5.76. The molecule has 0 saturated heterocycles. The third-order valence-electron chi connectivity index (χ3n) is 4.92. The molecule has 1 heterocycles. The normalized spacial score (nSPS) is 12.3. The molecule has 3 rings (SSSR count). The van der Waals surface area contributed by atoms with Crippen LogP contribution in [-0.2, 0) is 4.79 Å². The summed E-state index contributed by atoms with van der Waals surface area (Å²) in [5.74, 6) is -0.382. The highest BCUT2D eigenvalue weighted by molar-refractivity contribution is 6.01. The molecule has 3 aromatic rings. The highest BCUT2D eigenvalue weighted by Gasteiger charge is 2.15. The molecule has 0 bridgehead atoms. The average Bonchev–Trinajstić information content (AvgIpc) is 3.16. The van der Waals surface area contributed by atoms with Gasteiger partial charge in [0.1, 0.15) is 11.6 Å². The first-order valence-corrected chi connectivity index (χ1v) is 9.23. The van der Waals surface area contributed by atoms with Crippen molar-refractivity contribution >= 4 is 12.0 Å². The van der Waals surface area contributed by atoms with Gasteiger partial charge in [0.05, 0.1) is 6.04 Å². The zero-order chi connectivity index (χ0) is 20.1. The number of amides is 1. The van der Waals surface area contributed by atoms with Gasteiger partial charge in [0.25, 0.3) is 5.91 Å². The van der Waals surface area contributed by atoms with Gasteiger partial charge in [-0.3, -0.25) is 4.79 Å². The average molecular weight is 369 g/mol. The first kappa shape index (κ1) is 19.2. The number of rotatable bonds is 5. The largest absolute Gasteiger partial charge is 0.345 e. The molecule has 4 nitrogen and oxygen atoms in total. The molecule has 0 unspecified atom stereocenters. The van der Waals surface area contributed by atoms with E-state index in [-0.39, 0.29) is 17.5 Å². The Morgan fingerprint density at radius 3 is 2.54 bits per heavy atom. The molecule has 0 aliphatic carbocycles. The first-order chi connectivity index (χ1) is 13.5. The summed E-state index contributed by atoms with van der Waals surface area (Å²) in [7, 11) is 0. The van der Waals surface area contributed by atoms with Gasteiger partial charge in [-0.15, -0.1) is 0 Å². The van der Waals surface area contributed by atoms with Crippen LogP contribution in [0.2, 0.25) is 0 Å². The summed E-state index contributed by atoms with van der Waals surface area (Å²) < 4.78 is 1.99. The van der Waals surface area contributed by atoms with Gasteiger partial charge in [-0.2, -0.15) is 5.26 Å². The number of nitrogens with one attached hydrogen (secondary N) is 1. The Morgan fingerprint density at radius 1 is 1.07 bits per heavy atom. The van der Waals surface area contributed by atoms with Gasteiger partial charge in [0.15, 0.2) is 0 Å². The maximum Gasteiger partial charge on any atom is 0.262 e. The van der Waals surface area contributed by atoms with Crippen molar-refractivity contribution in [3.05, 3.63) is 94.8 Å². The maximum atomic E-state index is 12.6. The van der Waals surface area contributed by atoms with E-state index < -0.39 is 0 Å². The van der Waals surface area contributed by atoms with Crippen LogP contribution in [0.4, 0.5) is 0 Å². The molecule has 1 amide bonds. The van der Waals surface area contributed by atoms with E-state index in [1.54, 1.807) is 6.08 Å². The van der Waals surface area contributed by atoms with Gasteiger partial charge in [-0.25, -0.2) is 0 Å². The van der Waals surface area contributed by atoms with Crippen LogP contribution < -0.4 is 5.32 Å². The molecule has 0 fully saturated rings. The Bertz CT molecular complexity index is 1050. The van der Waals surface area contributed by atoms with Gasteiger partial charge in [0.2, 0.25) is 0 Å². The molecule has 1 aromatic heterocycles. The maximum absolute atomic E-state index is 12.6. The number of aromatic nitrogens is 1. The zero-order valence-electron chi connectivity index (χ0n) is 16.3. The van der Waals surface area contributed by atoms with Crippen molar-refractivity contribution in [2.45, 2.75) is 26.8 Å². The van der Waals surface area contributed by atoms with Crippen LogP contribution in [0.15, 0.2) is 72.4 Å². The van der Waals surface area contributed by atoms with Crippen LogP contribution in [0, 0.1) is 25.2 Å². The molecule has 140 valence electrons. The minimum atomic E-state index is -0.382. The summed E-state index contributed by atoms with van der Waals surface area (Å²) in [5, 5.41) is 12.5. The van der Waals surface area contributed by atoms with E-state index in [2.05, 4.69) is 25.2 Å². The van der Waals surface area contributed by atoms with E-state index in [1.165, 1.54) is 5.56 Å². The van der Waals surface area contributed by atoms with Crippen LogP contribution in [0.3, 0.4) is 0 Å². The van der Waals surface area contributed by atoms with E-state index in [0.717, 1.165) is 22.5 Å². The van der Waals surface area contributed by atoms with Crippen LogP contribution in [-0.4, -0.2) is 10.5 Å². The fourth-order valence-corrected chi connectivity index (χ4v) is 3.12. The zero-order valence-corrected chi connectivity index (χ0v) is 16.3. The van der Waals surface area contributed by atoms with Crippen LogP contribution >= 0.6 is 0 Å². The number of hydrogen-bond donors (Lipinski definition) is 1. The Balaban J connectivity index is 1.88. The lowest BCUT2D eigenvalue weighted by molar-refractivity contribution is -0.117. The highest BCUT2D eigenvalue weighted by atomic mass is 16.1. The second-order valence-corrected chi connectivity index (χ2v) is 6.80. The van der Waals surface area contributed by atoms with E-state index in [0.29, 0.717) is 0 Å².